The van der Waals surface area contributed by atoms with E-state index in [1.54, 1.807) is 12.5 Å². The number of nitrogens with one attached hydrogen (secondary N) is 1. The Morgan fingerprint density at radius 1 is 1.24 bits per heavy atom. The van der Waals surface area contributed by atoms with Gasteiger partial charge in [0.05, 0.1) is 13.7 Å². The second-order valence-corrected chi connectivity index (χ2v) is 9.33. The van der Waals surface area contributed by atoms with Crippen LogP contribution in [0.2, 0.25) is 0 Å². The molecule has 3 rings (SSSR count). The van der Waals surface area contributed by atoms with Gasteiger partial charge < -0.3 is 9.88 Å². The minimum atomic E-state index is -0.820. The molecule has 2 aromatic rings. The second kappa shape index (κ2) is 11.1. The van der Waals surface area contributed by atoms with Crippen LogP contribution in [0, 0.1) is 11.2 Å². The van der Waals surface area contributed by atoms with Gasteiger partial charge in [-0.05, 0) is 80.0 Å². The number of allylic oxidation sites excluding steroid dienone is 9. The number of rotatable bonds is 7. The van der Waals surface area contributed by atoms with Crippen molar-refractivity contribution < 1.29 is 10.6 Å². The summed E-state index contributed by atoms with van der Waals surface area (Å²) in [5.74, 6) is -0.609. The van der Waals surface area contributed by atoms with Gasteiger partial charge in [-0.1, -0.05) is 49.8 Å². The number of hydrogen-bond acceptors (Lipinski definition) is 2. The first-order valence-corrected chi connectivity index (χ1v) is 11.5. The molecule has 0 spiro atoms. The van der Waals surface area contributed by atoms with E-state index in [2.05, 4.69) is 43.2 Å². The summed E-state index contributed by atoms with van der Waals surface area (Å²) < 4.78 is 24.0. The van der Waals surface area contributed by atoms with Crippen LogP contribution >= 0.6 is 0 Å². The van der Waals surface area contributed by atoms with Crippen LogP contribution < -0.4 is 5.32 Å². The number of benzene rings is 1. The van der Waals surface area contributed by atoms with E-state index in [1.165, 1.54) is 35.9 Å². The average Bonchev–Trinajstić information content (AvgIpc) is 3.34. The second-order valence-electron chi connectivity index (χ2n) is 9.33. The summed E-state index contributed by atoms with van der Waals surface area (Å²) in [7, 11) is 0. The molecule has 0 saturated carbocycles. The molecule has 1 aliphatic carbocycles. The van der Waals surface area contributed by atoms with E-state index >= 15 is 0 Å². The fourth-order valence-electron chi connectivity index (χ4n) is 4.10. The van der Waals surface area contributed by atoms with E-state index in [1.807, 2.05) is 42.8 Å². The molecule has 0 fully saturated rings. The molecule has 34 heavy (non-hydrogen) atoms. The first-order chi connectivity index (χ1) is 16.5. The molecule has 4 nitrogen and oxygen atoms in total. The number of carbonyl (C=O) groups excluding carboxylic acids is 1. The predicted molar refractivity (Wildman–Crippen MR) is 138 cm³/mol. The van der Waals surface area contributed by atoms with E-state index in [4.69, 9.17) is 1.37 Å². The quantitative estimate of drug-likeness (QED) is 0.347. The molecule has 1 aromatic heterocycles. The monoisotopic (exact) mass is 460 g/mol. The van der Waals surface area contributed by atoms with E-state index < -0.39 is 6.02 Å². The molecule has 1 heterocycles. The Morgan fingerprint density at radius 2 is 1.97 bits per heavy atom. The van der Waals surface area contributed by atoms with Gasteiger partial charge in [0.2, 0.25) is 5.91 Å². The number of aromatic nitrogens is 2. The third-order valence-electron chi connectivity index (χ3n) is 6.07. The molecule has 0 saturated heterocycles. The minimum Gasteiger partial charge on any atom is -0.330 e. The van der Waals surface area contributed by atoms with Crippen molar-refractivity contribution in [2.75, 3.05) is 5.32 Å². The van der Waals surface area contributed by atoms with Gasteiger partial charge >= 0.3 is 0 Å². The number of hydrogen-bond donors (Lipinski definition) is 1. The molecule has 1 amide bonds. The van der Waals surface area contributed by atoms with Crippen molar-refractivity contribution in [2.24, 2.45) is 5.41 Å². The Hall–Kier alpha value is -3.47. The van der Waals surface area contributed by atoms with E-state index in [-0.39, 0.29) is 17.1 Å². The van der Waals surface area contributed by atoms with Gasteiger partial charge in [0.15, 0.2) is 0 Å². The summed E-state index contributed by atoms with van der Waals surface area (Å²) >= 11 is 0. The summed E-state index contributed by atoms with van der Waals surface area (Å²) in [5, 5.41) is 2.72. The zero-order valence-electron chi connectivity index (χ0n) is 21.6. The van der Waals surface area contributed by atoms with E-state index in [9.17, 15) is 9.18 Å². The van der Waals surface area contributed by atoms with Gasteiger partial charge in [-0.25, -0.2) is 9.37 Å². The maximum atomic E-state index is 13.0. The van der Waals surface area contributed by atoms with E-state index in [0.717, 1.165) is 29.6 Å². The van der Waals surface area contributed by atoms with Crippen molar-refractivity contribution >= 4 is 11.6 Å². The Morgan fingerprint density at radius 3 is 2.65 bits per heavy atom. The van der Waals surface area contributed by atoms with E-state index in [0.29, 0.717) is 5.69 Å². The summed E-state index contributed by atoms with van der Waals surface area (Å²) in [6, 6.07) is 4.84. The Labute approximate surface area is 203 Å². The van der Waals surface area contributed by atoms with Crippen molar-refractivity contribution in [3.63, 3.8) is 0 Å². The highest BCUT2D eigenvalue weighted by Crippen LogP contribution is 2.45. The third kappa shape index (κ3) is 6.77. The molecule has 5 heteroatoms. The van der Waals surface area contributed by atoms with Crippen molar-refractivity contribution in [3.05, 3.63) is 108 Å². The lowest BCUT2D eigenvalue weighted by Gasteiger charge is -2.37. The summed E-state index contributed by atoms with van der Waals surface area (Å²) in [5.41, 5.74) is 4.60. The number of carbonyl (C=O) groups is 1. The van der Waals surface area contributed by atoms with Crippen LogP contribution in [0.4, 0.5) is 10.1 Å². The van der Waals surface area contributed by atoms with Crippen molar-refractivity contribution in [3.8, 4) is 0 Å². The van der Waals surface area contributed by atoms with Gasteiger partial charge in [0.1, 0.15) is 5.82 Å². The fraction of sp³-hybridized carbons (Fsp3) is 0.310. The first kappa shape index (κ1) is 23.7. The number of amides is 1. The summed E-state index contributed by atoms with van der Waals surface area (Å²) in [6.45, 7) is 10.4. The molecule has 1 N–H and O–H groups in total. The minimum absolute atomic E-state index is 0.0148. The molecule has 0 radical (unpaired) electrons. The van der Waals surface area contributed by atoms with Crippen LogP contribution in [0.15, 0.2) is 102 Å². The molecular formula is C29H34FN3O. The average molecular weight is 461 g/mol. The largest absolute Gasteiger partial charge is 0.330 e. The maximum Gasteiger partial charge on any atom is 0.248 e. The standard InChI is InChI=1S/C29H34FN3O/c1-21(7-6-8-22(2)19-28(34)32-25-12-10-24(30)11-13-25)9-14-26-23(3)27(15-16-29(26,4)5)33-18-17-31-20-33/h6-14,17-20,27H,15-16H2,1-5H3,(H,32,34)/b8-6+,14-9+,21-7+,22-19+/i27D. The highest BCUT2D eigenvalue weighted by Gasteiger charge is 2.32. The van der Waals surface area contributed by atoms with Crippen LogP contribution in [-0.4, -0.2) is 15.5 Å². The van der Waals surface area contributed by atoms with Crippen LogP contribution in [0.25, 0.3) is 0 Å². The number of anilines is 1. The molecular weight excluding hydrogens is 425 g/mol. The highest BCUT2D eigenvalue weighted by molar-refractivity contribution is 5.99. The van der Waals surface area contributed by atoms with Gasteiger partial charge in [-0.2, -0.15) is 0 Å². The zero-order chi connectivity index (χ0) is 25.6. The van der Waals surface area contributed by atoms with Gasteiger partial charge in [0, 0.05) is 24.2 Å². The first-order valence-electron chi connectivity index (χ1n) is 12.0. The van der Waals surface area contributed by atoms with Crippen LogP contribution in [0.3, 0.4) is 0 Å². The molecule has 1 aliphatic rings. The van der Waals surface area contributed by atoms with Crippen LogP contribution in [0.5, 0.6) is 0 Å². The zero-order valence-corrected chi connectivity index (χ0v) is 20.6. The molecule has 0 bridgehead atoms. The lowest BCUT2D eigenvalue weighted by molar-refractivity contribution is -0.111. The molecule has 1 atom stereocenters. The molecule has 0 aliphatic heterocycles. The normalized spacial score (nSPS) is 21.9. The van der Waals surface area contributed by atoms with Crippen molar-refractivity contribution in [1.82, 2.24) is 9.55 Å². The Kier molecular flexibility index (Phi) is 7.73. The van der Waals surface area contributed by atoms with Crippen LogP contribution in [0.1, 0.15) is 54.8 Å². The lowest BCUT2D eigenvalue weighted by Crippen LogP contribution is -2.25. The third-order valence-corrected chi connectivity index (χ3v) is 6.07. The smallest absolute Gasteiger partial charge is 0.248 e. The molecule has 178 valence electrons. The lowest BCUT2D eigenvalue weighted by atomic mass is 9.71. The van der Waals surface area contributed by atoms with Gasteiger partial charge in [-0.3, -0.25) is 4.79 Å². The van der Waals surface area contributed by atoms with Gasteiger partial charge in [0.25, 0.3) is 0 Å². The Balaban J connectivity index is 1.69. The SMILES string of the molecule is [2H]C1(n2ccnc2)CCC(C)(C)C(/C=C/C(C)=C/C=C/C(C)=C/C(=O)Nc2ccc(F)cc2)=C1C. The summed E-state index contributed by atoms with van der Waals surface area (Å²) in [4.78, 5) is 16.3. The van der Waals surface area contributed by atoms with Crippen molar-refractivity contribution in [1.29, 1.82) is 0 Å². The van der Waals surface area contributed by atoms with Gasteiger partial charge in [-0.15, -0.1) is 0 Å². The van der Waals surface area contributed by atoms with Crippen molar-refractivity contribution in [2.45, 2.75) is 53.5 Å². The Bertz CT molecular complexity index is 1200. The highest BCUT2D eigenvalue weighted by atomic mass is 19.1. The molecule has 1 aromatic carbocycles. The number of imidazole rings is 1. The summed E-state index contributed by atoms with van der Waals surface area (Å²) in [6.07, 6.45) is 18.4. The van der Waals surface area contributed by atoms with Crippen LogP contribution in [-0.2, 0) is 4.79 Å². The predicted octanol–water partition coefficient (Wildman–Crippen LogP) is 7.34. The fourth-order valence-corrected chi connectivity index (χ4v) is 4.10. The topological polar surface area (TPSA) is 46.9 Å². The number of halogens is 1. The maximum absolute atomic E-state index is 13.0. The molecule has 1 unspecified atom stereocenters. The number of nitrogens with zero attached hydrogens (tertiary/aromatic N) is 2.